The summed E-state index contributed by atoms with van der Waals surface area (Å²) in [4.78, 5) is 12.5. The molecule has 4 atom stereocenters. The zero-order chi connectivity index (χ0) is 26.9. The van der Waals surface area contributed by atoms with E-state index in [2.05, 4.69) is 10.0 Å². The van der Waals surface area contributed by atoms with Crippen molar-refractivity contribution in [2.75, 3.05) is 11.3 Å². The molecule has 2 aliphatic heterocycles. The van der Waals surface area contributed by atoms with Crippen molar-refractivity contribution in [2.45, 2.75) is 48.5 Å². The molecule has 2 aliphatic rings. The molecule has 200 valence electrons. The molecular weight excluding hydrogens is 518 g/mol. The van der Waals surface area contributed by atoms with E-state index in [0.717, 1.165) is 17.7 Å². The number of aliphatic hydroxyl groups is 1. The summed E-state index contributed by atoms with van der Waals surface area (Å²) in [7, 11) is -3.95. The number of benzene rings is 3. The minimum Gasteiger partial charge on any atom is -0.487 e. The van der Waals surface area contributed by atoms with Crippen molar-refractivity contribution >= 4 is 21.6 Å². The highest BCUT2D eigenvalue weighted by Crippen LogP contribution is 2.47. The Kier molecular flexibility index (Phi) is 7.33. The van der Waals surface area contributed by atoms with Gasteiger partial charge < -0.3 is 19.9 Å². The molecule has 1 amide bonds. The maximum absolute atomic E-state index is 13.9. The predicted octanol–water partition coefficient (Wildman–Crippen LogP) is 3.47. The van der Waals surface area contributed by atoms with Gasteiger partial charge in [0.1, 0.15) is 29.6 Å². The molecule has 0 spiro atoms. The zero-order valence-electron chi connectivity index (χ0n) is 20.1. The predicted molar refractivity (Wildman–Crippen MR) is 134 cm³/mol. The second-order valence-corrected chi connectivity index (χ2v) is 11.0. The summed E-state index contributed by atoms with van der Waals surface area (Å²) in [5, 5.41) is 12.6. The van der Waals surface area contributed by atoms with Gasteiger partial charge in [-0.3, -0.25) is 9.52 Å². The molecule has 3 aromatic rings. The Morgan fingerprint density at radius 3 is 2.55 bits per heavy atom. The Morgan fingerprint density at radius 2 is 1.82 bits per heavy atom. The smallest absolute Gasteiger partial charge is 0.261 e. The number of fused-ring (bicyclic) bond motifs is 3. The molecule has 0 aromatic heterocycles. The SMILES string of the molecule is O=C(C[C@H]1C[C@@H]2c3cc(NS(=O)(=O)c4ccc(F)cc4)ccc3O[C@@H]2[C@H](CO)O1)NCc1ccccc1F. The van der Waals surface area contributed by atoms with Crippen LogP contribution in [0.4, 0.5) is 14.5 Å². The fraction of sp³-hybridized carbons (Fsp3) is 0.296. The summed E-state index contributed by atoms with van der Waals surface area (Å²) in [6.45, 7) is -0.288. The van der Waals surface area contributed by atoms with Gasteiger partial charge in [0.25, 0.3) is 10.0 Å². The summed E-state index contributed by atoms with van der Waals surface area (Å²) in [6, 6.07) is 15.5. The quantitative estimate of drug-likeness (QED) is 0.400. The summed E-state index contributed by atoms with van der Waals surface area (Å²) < 4.78 is 67.1. The summed E-state index contributed by atoms with van der Waals surface area (Å²) in [5.74, 6) is -0.992. The van der Waals surface area contributed by atoms with Crippen molar-refractivity contribution < 1.29 is 36.6 Å². The van der Waals surface area contributed by atoms with Crippen LogP contribution in [-0.2, 0) is 26.1 Å². The summed E-state index contributed by atoms with van der Waals surface area (Å²) in [6.07, 6.45) is -1.33. The number of aliphatic hydroxyl groups excluding tert-OH is 1. The van der Waals surface area contributed by atoms with Crippen LogP contribution in [-0.4, -0.2) is 44.4 Å². The normalized spacial score (nSPS) is 22.2. The number of nitrogens with one attached hydrogen (secondary N) is 2. The lowest BCUT2D eigenvalue weighted by molar-refractivity contribution is -0.142. The number of amides is 1. The van der Waals surface area contributed by atoms with E-state index >= 15 is 0 Å². The van der Waals surface area contributed by atoms with Crippen molar-refractivity contribution in [3.05, 3.63) is 89.5 Å². The molecule has 0 unspecified atom stereocenters. The first-order chi connectivity index (χ1) is 18.2. The Hall–Kier alpha value is -3.54. The fourth-order valence-electron chi connectivity index (χ4n) is 4.89. The number of ether oxygens (including phenoxy) is 2. The minimum absolute atomic E-state index is 0.000390. The highest BCUT2D eigenvalue weighted by molar-refractivity contribution is 7.92. The molecular formula is C27H26F2N2O6S. The molecule has 0 saturated carbocycles. The molecule has 1 fully saturated rings. The van der Waals surface area contributed by atoms with Gasteiger partial charge in [-0.1, -0.05) is 18.2 Å². The molecule has 8 nitrogen and oxygen atoms in total. The number of carbonyl (C=O) groups is 1. The first-order valence-electron chi connectivity index (χ1n) is 12.1. The van der Waals surface area contributed by atoms with E-state index in [1.54, 1.807) is 36.4 Å². The van der Waals surface area contributed by atoms with E-state index in [0.29, 0.717) is 23.4 Å². The molecule has 0 aliphatic carbocycles. The highest BCUT2D eigenvalue weighted by Gasteiger charge is 2.46. The lowest BCUT2D eigenvalue weighted by atomic mass is 9.84. The maximum Gasteiger partial charge on any atom is 0.261 e. The molecule has 0 radical (unpaired) electrons. The molecule has 1 saturated heterocycles. The summed E-state index contributed by atoms with van der Waals surface area (Å²) >= 11 is 0. The van der Waals surface area contributed by atoms with Gasteiger partial charge in [0.15, 0.2) is 0 Å². The lowest BCUT2D eigenvalue weighted by Crippen LogP contribution is -2.47. The highest BCUT2D eigenvalue weighted by atomic mass is 32.2. The van der Waals surface area contributed by atoms with Gasteiger partial charge in [0.05, 0.1) is 24.0 Å². The standard InChI is InChI=1S/C27H26F2N2O6S/c28-17-5-8-20(9-6-17)38(34,35)31-18-7-10-24-21(11-18)22-12-19(36-25(15-32)27(22)37-24)13-26(33)30-14-16-3-1-2-4-23(16)29/h1-11,19,22,25,27,31-32H,12-15H2,(H,30,33)/t19-,22-,25+,27+/m1/s1. The average molecular weight is 545 g/mol. The van der Waals surface area contributed by atoms with Gasteiger partial charge in [-0.05, 0) is 55.0 Å². The first-order valence-corrected chi connectivity index (χ1v) is 13.6. The van der Waals surface area contributed by atoms with Gasteiger partial charge >= 0.3 is 0 Å². The van der Waals surface area contributed by atoms with Crippen LogP contribution in [0.5, 0.6) is 5.75 Å². The van der Waals surface area contributed by atoms with Crippen LogP contribution >= 0.6 is 0 Å². The van der Waals surface area contributed by atoms with Gasteiger partial charge in [0.2, 0.25) is 5.91 Å². The second kappa shape index (κ2) is 10.7. The van der Waals surface area contributed by atoms with Gasteiger partial charge in [-0.2, -0.15) is 0 Å². The Bertz CT molecular complexity index is 1430. The van der Waals surface area contributed by atoms with Crippen LogP contribution in [0.25, 0.3) is 0 Å². The molecule has 3 N–H and O–H groups in total. The van der Waals surface area contributed by atoms with Crippen LogP contribution in [0.3, 0.4) is 0 Å². The van der Waals surface area contributed by atoms with Gasteiger partial charge in [-0.15, -0.1) is 0 Å². The van der Waals surface area contributed by atoms with Crippen LogP contribution in [0.2, 0.25) is 0 Å². The number of sulfonamides is 1. The summed E-state index contributed by atoms with van der Waals surface area (Å²) in [5.41, 5.74) is 1.39. The van der Waals surface area contributed by atoms with Crippen LogP contribution in [0.1, 0.15) is 29.9 Å². The molecule has 11 heteroatoms. The van der Waals surface area contributed by atoms with E-state index < -0.39 is 40.0 Å². The first kappa shape index (κ1) is 26.1. The number of carbonyl (C=O) groups excluding carboxylic acids is 1. The van der Waals surface area contributed by atoms with Gasteiger partial charge in [0, 0.05) is 29.3 Å². The lowest BCUT2D eigenvalue weighted by Gasteiger charge is -2.37. The van der Waals surface area contributed by atoms with E-state index in [-0.39, 0.29) is 36.3 Å². The number of anilines is 1. The van der Waals surface area contributed by atoms with Crippen LogP contribution in [0, 0.1) is 11.6 Å². The Labute approximate surface area is 218 Å². The van der Waals surface area contributed by atoms with Crippen molar-refractivity contribution in [3.63, 3.8) is 0 Å². The number of halogens is 2. The topological polar surface area (TPSA) is 114 Å². The third-order valence-corrected chi connectivity index (χ3v) is 8.12. The second-order valence-electron chi connectivity index (χ2n) is 9.29. The van der Waals surface area contributed by atoms with Crippen molar-refractivity contribution in [1.82, 2.24) is 5.32 Å². The molecule has 5 rings (SSSR count). The number of hydrogen-bond acceptors (Lipinski definition) is 6. The van der Waals surface area contributed by atoms with Crippen molar-refractivity contribution in [2.24, 2.45) is 0 Å². The van der Waals surface area contributed by atoms with Crippen LogP contribution < -0.4 is 14.8 Å². The Morgan fingerprint density at radius 1 is 1.05 bits per heavy atom. The largest absolute Gasteiger partial charge is 0.487 e. The fourth-order valence-corrected chi connectivity index (χ4v) is 5.94. The van der Waals surface area contributed by atoms with Crippen molar-refractivity contribution in [1.29, 1.82) is 0 Å². The molecule has 2 heterocycles. The third-order valence-electron chi connectivity index (χ3n) is 6.72. The van der Waals surface area contributed by atoms with Gasteiger partial charge in [-0.25, -0.2) is 17.2 Å². The maximum atomic E-state index is 13.9. The molecule has 3 aromatic carbocycles. The number of hydrogen-bond donors (Lipinski definition) is 3. The van der Waals surface area contributed by atoms with E-state index in [9.17, 15) is 27.1 Å². The molecule has 38 heavy (non-hydrogen) atoms. The monoisotopic (exact) mass is 544 g/mol. The zero-order valence-corrected chi connectivity index (χ0v) is 21.0. The van der Waals surface area contributed by atoms with E-state index in [1.807, 2.05) is 0 Å². The van der Waals surface area contributed by atoms with Crippen molar-refractivity contribution in [3.8, 4) is 5.75 Å². The number of rotatable bonds is 8. The minimum atomic E-state index is -3.95. The average Bonchev–Trinajstić information content (AvgIpc) is 3.25. The van der Waals surface area contributed by atoms with E-state index in [4.69, 9.17) is 9.47 Å². The molecule has 0 bridgehead atoms. The third kappa shape index (κ3) is 5.50. The Balaban J connectivity index is 1.29. The van der Waals surface area contributed by atoms with Crippen LogP contribution in [0.15, 0.2) is 71.6 Å². The van der Waals surface area contributed by atoms with E-state index in [1.165, 1.54) is 18.2 Å².